The van der Waals surface area contributed by atoms with Crippen molar-refractivity contribution in [1.82, 2.24) is 10.4 Å². The Morgan fingerprint density at radius 2 is 1.81 bits per heavy atom. The van der Waals surface area contributed by atoms with Gasteiger partial charge in [0, 0.05) is 17.8 Å². The van der Waals surface area contributed by atoms with Gasteiger partial charge in [-0.3, -0.25) is 9.59 Å². The molecule has 3 rings (SSSR count). The van der Waals surface area contributed by atoms with Gasteiger partial charge in [-0.25, -0.2) is 10.4 Å². The van der Waals surface area contributed by atoms with E-state index in [9.17, 15) is 9.59 Å². The highest BCUT2D eigenvalue weighted by Gasteiger charge is 2.32. The number of carbonyl (C=O) groups is 2. The van der Waals surface area contributed by atoms with Gasteiger partial charge in [0.2, 0.25) is 0 Å². The molecule has 0 aromatic heterocycles. The lowest BCUT2D eigenvalue weighted by Crippen LogP contribution is -2.47. The first-order valence-corrected chi connectivity index (χ1v) is 6.93. The molecule has 0 saturated heterocycles. The number of carbonyl (C=O) groups excluding carboxylic acids is 2. The third kappa shape index (κ3) is 1.97. The van der Waals surface area contributed by atoms with Crippen LogP contribution in [0.15, 0.2) is 30.3 Å². The Balaban J connectivity index is 2.26. The van der Waals surface area contributed by atoms with Gasteiger partial charge in [-0.2, -0.15) is 0 Å². The third-order valence-corrected chi connectivity index (χ3v) is 3.55. The summed E-state index contributed by atoms with van der Waals surface area (Å²) in [6, 6.07) is 8.92. The number of nitrogens with zero attached hydrogens (tertiary/aromatic N) is 1. The van der Waals surface area contributed by atoms with E-state index < -0.39 is 0 Å². The first-order chi connectivity index (χ1) is 10.2. The normalized spacial score (nSPS) is 13.9. The number of hydrazine groups is 1. The number of amides is 2. The zero-order chi connectivity index (χ0) is 15.0. The maximum Gasteiger partial charge on any atom is 0.275 e. The molecule has 0 fully saturated rings. The molecule has 1 aliphatic heterocycles. The fourth-order valence-electron chi connectivity index (χ4n) is 2.61. The first-order valence-electron chi connectivity index (χ1n) is 6.93. The number of hydrogen-bond acceptors (Lipinski definition) is 4. The Labute approximate surface area is 122 Å². The summed E-state index contributed by atoms with van der Waals surface area (Å²) in [5.74, 6) is 0.0254. The Hall–Kier alpha value is -2.40. The minimum atomic E-state index is -0.340. The van der Waals surface area contributed by atoms with Crippen molar-refractivity contribution in [1.29, 1.82) is 0 Å². The molecular formula is C16H16N2O3. The van der Waals surface area contributed by atoms with Crippen molar-refractivity contribution in [3.63, 3.8) is 0 Å². The second kappa shape index (κ2) is 5.18. The molecule has 0 bridgehead atoms. The van der Waals surface area contributed by atoms with Crippen molar-refractivity contribution >= 4 is 22.6 Å². The highest BCUT2D eigenvalue weighted by Crippen LogP contribution is 2.35. The second-order valence-corrected chi connectivity index (χ2v) is 4.86. The van der Waals surface area contributed by atoms with Crippen molar-refractivity contribution < 1.29 is 14.3 Å². The molecule has 0 spiro atoms. The van der Waals surface area contributed by atoms with E-state index in [0.717, 1.165) is 16.8 Å². The van der Waals surface area contributed by atoms with E-state index in [1.54, 1.807) is 25.2 Å². The van der Waals surface area contributed by atoms with Crippen LogP contribution in [-0.2, 0) is 0 Å². The Morgan fingerprint density at radius 3 is 2.48 bits per heavy atom. The summed E-state index contributed by atoms with van der Waals surface area (Å²) in [5, 5.41) is 2.51. The van der Waals surface area contributed by atoms with E-state index >= 15 is 0 Å². The molecule has 2 aromatic rings. The predicted octanol–water partition coefficient (Wildman–Crippen LogP) is 2.36. The molecule has 21 heavy (non-hydrogen) atoms. The summed E-state index contributed by atoms with van der Waals surface area (Å²) < 4.78 is 5.72. The standard InChI is InChI=1S/C16H16N2O3/c1-3-9-21-13-8-7-12-14-10(13)5-4-6-11(14)15(19)18(17-2)16(12)20/h4-8,17H,3,9H2,1-2H3. The van der Waals surface area contributed by atoms with Crippen molar-refractivity contribution in [3.05, 3.63) is 41.5 Å². The molecule has 0 saturated carbocycles. The predicted molar refractivity (Wildman–Crippen MR) is 79.3 cm³/mol. The summed E-state index contributed by atoms with van der Waals surface area (Å²) in [4.78, 5) is 24.7. The molecular weight excluding hydrogens is 268 g/mol. The molecule has 1 aliphatic rings. The number of ether oxygens (including phenoxy) is 1. The molecule has 5 heteroatoms. The molecule has 2 amide bonds. The summed E-state index contributed by atoms with van der Waals surface area (Å²) in [7, 11) is 1.56. The van der Waals surface area contributed by atoms with Crippen LogP contribution in [0.2, 0.25) is 0 Å². The van der Waals surface area contributed by atoms with Crippen LogP contribution >= 0.6 is 0 Å². The molecule has 0 unspecified atom stereocenters. The van der Waals surface area contributed by atoms with E-state index in [0.29, 0.717) is 28.9 Å². The van der Waals surface area contributed by atoms with E-state index in [1.165, 1.54) is 0 Å². The van der Waals surface area contributed by atoms with Gasteiger partial charge in [-0.1, -0.05) is 19.1 Å². The number of benzene rings is 2. The molecule has 5 nitrogen and oxygen atoms in total. The van der Waals surface area contributed by atoms with E-state index in [1.807, 2.05) is 19.1 Å². The van der Waals surface area contributed by atoms with Gasteiger partial charge in [-0.05, 0) is 24.6 Å². The average Bonchev–Trinajstić information content (AvgIpc) is 2.51. The quantitative estimate of drug-likeness (QED) is 0.876. The SMILES string of the molecule is CCCOc1ccc2c3c(cccc13)C(=O)N(NC)C2=O. The molecule has 1 heterocycles. The zero-order valence-corrected chi connectivity index (χ0v) is 12.0. The summed E-state index contributed by atoms with van der Waals surface area (Å²) in [6.07, 6.45) is 0.897. The fraction of sp³-hybridized carbons (Fsp3) is 0.250. The topological polar surface area (TPSA) is 58.6 Å². The monoisotopic (exact) mass is 284 g/mol. The van der Waals surface area contributed by atoms with E-state index in [-0.39, 0.29) is 11.8 Å². The number of imide groups is 1. The minimum Gasteiger partial charge on any atom is -0.493 e. The largest absolute Gasteiger partial charge is 0.493 e. The fourth-order valence-corrected chi connectivity index (χ4v) is 2.61. The summed E-state index contributed by atoms with van der Waals surface area (Å²) in [5.41, 5.74) is 3.66. The van der Waals surface area contributed by atoms with Crippen molar-refractivity contribution in [2.45, 2.75) is 13.3 Å². The van der Waals surface area contributed by atoms with Gasteiger partial charge in [0.1, 0.15) is 5.75 Å². The molecule has 0 radical (unpaired) electrons. The van der Waals surface area contributed by atoms with Gasteiger partial charge >= 0.3 is 0 Å². The van der Waals surface area contributed by atoms with Gasteiger partial charge in [0.15, 0.2) is 0 Å². The van der Waals surface area contributed by atoms with Crippen LogP contribution in [0.4, 0.5) is 0 Å². The van der Waals surface area contributed by atoms with E-state index in [4.69, 9.17) is 4.74 Å². The van der Waals surface area contributed by atoms with E-state index in [2.05, 4.69) is 5.43 Å². The van der Waals surface area contributed by atoms with Gasteiger partial charge < -0.3 is 4.74 Å². The molecule has 2 aromatic carbocycles. The number of nitrogens with one attached hydrogen (secondary N) is 1. The lowest BCUT2D eigenvalue weighted by atomic mass is 9.94. The highest BCUT2D eigenvalue weighted by atomic mass is 16.5. The molecule has 1 N–H and O–H groups in total. The lowest BCUT2D eigenvalue weighted by molar-refractivity contribution is 0.0540. The van der Waals surface area contributed by atoms with Crippen LogP contribution in [0.1, 0.15) is 34.1 Å². The smallest absolute Gasteiger partial charge is 0.275 e. The zero-order valence-electron chi connectivity index (χ0n) is 12.0. The highest BCUT2D eigenvalue weighted by molar-refractivity contribution is 6.25. The van der Waals surface area contributed by atoms with Crippen molar-refractivity contribution in [2.75, 3.05) is 13.7 Å². The Kier molecular flexibility index (Phi) is 3.35. The van der Waals surface area contributed by atoms with Crippen molar-refractivity contribution in [2.24, 2.45) is 0 Å². The number of rotatable bonds is 4. The van der Waals surface area contributed by atoms with Crippen LogP contribution in [0.3, 0.4) is 0 Å². The van der Waals surface area contributed by atoms with Gasteiger partial charge in [0.25, 0.3) is 11.8 Å². The maximum absolute atomic E-state index is 12.4. The van der Waals surface area contributed by atoms with Gasteiger partial charge in [0.05, 0.1) is 17.7 Å². The van der Waals surface area contributed by atoms with Crippen LogP contribution in [-0.4, -0.2) is 30.5 Å². The first kappa shape index (κ1) is 13.6. The van der Waals surface area contributed by atoms with Crippen LogP contribution < -0.4 is 10.2 Å². The molecule has 0 aliphatic carbocycles. The Bertz CT molecular complexity index is 717. The summed E-state index contributed by atoms with van der Waals surface area (Å²) >= 11 is 0. The van der Waals surface area contributed by atoms with Gasteiger partial charge in [-0.15, -0.1) is 0 Å². The average molecular weight is 284 g/mol. The van der Waals surface area contributed by atoms with Crippen molar-refractivity contribution in [3.8, 4) is 5.75 Å². The van der Waals surface area contributed by atoms with Crippen LogP contribution in [0.25, 0.3) is 10.8 Å². The molecule has 0 atom stereocenters. The third-order valence-electron chi connectivity index (χ3n) is 3.55. The number of hydrogen-bond donors (Lipinski definition) is 1. The minimum absolute atomic E-state index is 0.340. The molecule has 108 valence electrons. The van der Waals surface area contributed by atoms with Crippen LogP contribution in [0.5, 0.6) is 5.75 Å². The summed E-state index contributed by atoms with van der Waals surface area (Å²) in [6.45, 7) is 2.63. The van der Waals surface area contributed by atoms with Crippen LogP contribution in [0, 0.1) is 0 Å². The maximum atomic E-state index is 12.4. The lowest BCUT2D eigenvalue weighted by Gasteiger charge is -2.26. The second-order valence-electron chi connectivity index (χ2n) is 4.86. The Morgan fingerprint density at radius 1 is 1.10 bits per heavy atom.